The minimum absolute atomic E-state index is 0.343. The highest BCUT2D eigenvalue weighted by Crippen LogP contribution is 2.37. The molecule has 0 fully saturated rings. The number of phenols is 3. The van der Waals surface area contributed by atoms with Crippen molar-refractivity contribution in [1.29, 1.82) is 0 Å². The van der Waals surface area contributed by atoms with Crippen LogP contribution >= 0.6 is 0 Å². The van der Waals surface area contributed by atoms with Gasteiger partial charge in [0.1, 0.15) is 0 Å². The highest BCUT2D eigenvalue weighted by Gasteiger charge is 2.07. The minimum Gasteiger partial charge on any atom is -0.504 e. The molecule has 0 aliphatic carbocycles. The van der Waals surface area contributed by atoms with Crippen molar-refractivity contribution < 1.29 is 15.3 Å². The fourth-order valence-corrected chi connectivity index (χ4v) is 0.914. The summed E-state index contributed by atoms with van der Waals surface area (Å²) in [5.41, 5.74) is 5.63. The van der Waals surface area contributed by atoms with Crippen molar-refractivity contribution in [2.45, 2.75) is 0 Å². The van der Waals surface area contributed by atoms with Gasteiger partial charge in [0.05, 0.1) is 0 Å². The van der Waals surface area contributed by atoms with Crippen molar-refractivity contribution in [3.8, 4) is 17.2 Å². The lowest BCUT2D eigenvalue weighted by atomic mass is 10.1. The Labute approximate surface area is 75.6 Å². The van der Waals surface area contributed by atoms with Gasteiger partial charge < -0.3 is 21.1 Å². The van der Waals surface area contributed by atoms with Crippen LogP contribution in [-0.2, 0) is 0 Å². The molecule has 0 saturated carbocycles. The minimum atomic E-state index is -0.515. The number of rotatable bonds is 2. The first-order valence-corrected chi connectivity index (χ1v) is 3.77. The molecule has 0 radical (unpaired) electrons. The Hall–Kier alpha value is -1.68. The van der Waals surface area contributed by atoms with E-state index < -0.39 is 5.75 Å². The van der Waals surface area contributed by atoms with Gasteiger partial charge in [0.2, 0.25) is 5.75 Å². The number of nitrogens with two attached hydrogens (primary N) is 1. The number of hydrogen-bond acceptors (Lipinski definition) is 4. The van der Waals surface area contributed by atoms with Gasteiger partial charge in [-0.05, 0) is 12.1 Å². The van der Waals surface area contributed by atoms with E-state index in [1.165, 1.54) is 12.1 Å². The lowest BCUT2D eigenvalue weighted by molar-refractivity contribution is 0.367. The fraction of sp³-hybridized carbons (Fsp3) is 0.111. The molecule has 13 heavy (non-hydrogen) atoms. The zero-order valence-electron chi connectivity index (χ0n) is 6.94. The molecule has 5 N–H and O–H groups in total. The predicted octanol–water partition coefficient (Wildman–Crippen LogP) is 0.775. The maximum Gasteiger partial charge on any atom is 0.200 e. The molecular weight excluding hydrogens is 170 g/mol. The molecule has 0 aliphatic rings. The second-order valence-electron chi connectivity index (χ2n) is 2.51. The van der Waals surface area contributed by atoms with Gasteiger partial charge in [-0.15, -0.1) is 0 Å². The van der Waals surface area contributed by atoms with Crippen LogP contribution in [0.1, 0.15) is 5.56 Å². The Morgan fingerprint density at radius 2 is 1.85 bits per heavy atom. The van der Waals surface area contributed by atoms with Gasteiger partial charge >= 0.3 is 0 Å². The summed E-state index contributed by atoms with van der Waals surface area (Å²) in [7, 11) is 0. The Morgan fingerprint density at radius 3 is 2.46 bits per heavy atom. The highest BCUT2D eigenvalue weighted by atomic mass is 16.3. The summed E-state index contributed by atoms with van der Waals surface area (Å²) in [5, 5.41) is 27.4. The molecule has 4 nitrogen and oxygen atoms in total. The van der Waals surface area contributed by atoms with Crippen LogP contribution in [0.4, 0.5) is 0 Å². The summed E-state index contributed by atoms with van der Waals surface area (Å²) in [6, 6.07) is 2.78. The van der Waals surface area contributed by atoms with Gasteiger partial charge in [-0.1, -0.05) is 12.2 Å². The van der Waals surface area contributed by atoms with E-state index in [4.69, 9.17) is 15.9 Å². The van der Waals surface area contributed by atoms with Crippen LogP contribution < -0.4 is 5.73 Å². The molecule has 0 aliphatic heterocycles. The number of aromatic hydroxyl groups is 3. The van der Waals surface area contributed by atoms with Gasteiger partial charge in [0.15, 0.2) is 11.5 Å². The maximum absolute atomic E-state index is 9.30. The van der Waals surface area contributed by atoms with Gasteiger partial charge in [-0.2, -0.15) is 0 Å². The molecule has 0 spiro atoms. The second kappa shape index (κ2) is 3.82. The van der Waals surface area contributed by atoms with Crippen LogP contribution in [0.25, 0.3) is 6.08 Å². The van der Waals surface area contributed by atoms with Gasteiger partial charge in [-0.25, -0.2) is 0 Å². The van der Waals surface area contributed by atoms with E-state index >= 15 is 0 Å². The van der Waals surface area contributed by atoms with Crippen LogP contribution in [0.5, 0.6) is 17.2 Å². The standard InChI is InChI=1S/C9H11NO3/c10-5-1-2-6-3-4-7(11)9(13)8(6)12/h1-4,11-13H,5,10H2. The Bertz CT molecular complexity index is 334. The van der Waals surface area contributed by atoms with E-state index in [2.05, 4.69) is 0 Å². The third kappa shape index (κ3) is 1.91. The van der Waals surface area contributed by atoms with Gasteiger partial charge in [-0.3, -0.25) is 0 Å². The largest absolute Gasteiger partial charge is 0.504 e. The number of hydrogen-bond donors (Lipinski definition) is 4. The summed E-state index contributed by atoms with van der Waals surface area (Å²) in [6.07, 6.45) is 3.19. The highest BCUT2D eigenvalue weighted by molar-refractivity contribution is 5.64. The third-order valence-electron chi connectivity index (χ3n) is 1.59. The molecule has 0 heterocycles. The molecular formula is C9H11NO3. The molecule has 1 aromatic rings. The van der Waals surface area contributed by atoms with Crippen LogP contribution in [0.3, 0.4) is 0 Å². The topological polar surface area (TPSA) is 86.7 Å². The first-order valence-electron chi connectivity index (χ1n) is 3.77. The van der Waals surface area contributed by atoms with Crippen LogP contribution in [0.2, 0.25) is 0 Å². The monoisotopic (exact) mass is 181 g/mol. The van der Waals surface area contributed by atoms with Crippen LogP contribution in [-0.4, -0.2) is 21.9 Å². The Morgan fingerprint density at radius 1 is 1.15 bits per heavy atom. The zero-order valence-corrected chi connectivity index (χ0v) is 6.94. The molecule has 4 heteroatoms. The van der Waals surface area contributed by atoms with Crippen molar-refractivity contribution in [3.63, 3.8) is 0 Å². The zero-order chi connectivity index (χ0) is 9.84. The van der Waals surface area contributed by atoms with Crippen molar-refractivity contribution in [3.05, 3.63) is 23.8 Å². The Balaban J connectivity index is 3.11. The van der Waals surface area contributed by atoms with E-state index in [1.54, 1.807) is 12.2 Å². The molecule has 70 valence electrons. The molecule has 0 bridgehead atoms. The average Bonchev–Trinajstić information content (AvgIpc) is 2.13. The van der Waals surface area contributed by atoms with Crippen LogP contribution in [0, 0.1) is 0 Å². The normalized spacial score (nSPS) is 10.8. The Kier molecular flexibility index (Phi) is 2.76. The molecule has 1 rings (SSSR count). The van der Waals surface area contributed by atoms with Crippen molar-refractivity contribution in [2.24, 2.45) is 5.73 Å². The molecule has 1 aromatic carbocycles. The molecule has 0 saturated heterocycles. The predicted molar refractivity (Wildman–Crippen MR) is 49.5 cm³/mol. The summed E-state index contributed by atoms with van der Waals surface area (Å²) in [6.45, 7) is 0.348. The fourth-order valence-electron chi connectivity index (χ4n) is 0.914. The van der Waals surface area contributed by atoms with Crippen molar-refractivity contribution in [1.82, 2.24) is 0 Å². The van der Waals surface area contributed by atoms with Crippen molar-refractivity contribution >= 4 is 6.08 Å². The average molecular weight is 181 g/mol. The van der Waals surface area contributed by atoms with E-state index in [-0.39, 0.29) is 11.5 Å². The number of benzene rings is 1. The number of phenolic OH excluding ortho intramolecular Hbond substituents is 3. The van der Waals surface area contributed by atoms with E-state index in [9.17, 15) is 5.11 Å². The summed E-state index contributed by atoms with van der Waals surface area (Å²) in [4.78, 5) is 0. The first-order chi connectivity index (χ1) is 6.16. The molecule has 0 unspecified atom stereocenters. The molecule has 0 atom stereocenters. The summed E-state index contributed by atoms with van der Waals surface area (Å²) >= 11 is 0. The van der Waals surface area contributed by atoms with Gasteiger partial charge in [0.25, 0.3) is 0 Å². The summed E-state index contributed by atoms with van der Waals surface area (Å²) in [5.74, 6) is -1.20. The SMILES string of the molecule is NCC=Cc1ccc(O)c(O)c1O. The lowest BCUT2D eigenvalue weighted by Gasteiger charge is -2.03. The molecule has 0 amide bonds. The first kappa shape index (κ1) is 9.41. The van der Waals surface area contributed by atoms with Gasteiger partial charge in [0, 0.05) is 12.1 Å². The smallest absolute Gasteiger partial charge is 0.200 e. The van der Waals surface area contributed by atoms with Crippen LogP contribution in [0.15, 0.2) is 18.2 Å². The maximum atomic E-state index is 9.30. The summed E-state index contributed by atoms with van der Waals surface area (Å²) < 4.78 is 0. The quantitative estimate of drug-likeness (QED) is 0.508. The lowest BCUT2D eigenvalue weighted by Crippen LogP contribution is -1.91. The van der Waals surface area contributed by atoms with E-state index in [0.29, 0.717) is 12.1 Å². The second-order valence-corrected chi connectivity index (χ2v) is 2.51. The van der Waals surface area contributed by atoms with Crippen molar-refractivity contribution in [2.75, 3.05) is 6.54 Å². The van der Waals surface area contributed by atoms with E-state index in [1.807, 2.05) is 0 Å². The van der Waals surface area contributed by atoms with E-state index in [0.717, 1.165) is 0 Å². The molecule has 0 aromatic heterocycles. The third-order valence-corrected chi connectivity index (χ3v) is 1.59.